The van der Waals surface area contributed by atoms with E-state index in [1.165, 1.54) is 11.8 Å². The zero-order chi connectivity index (χ0) is 14.7. The van der Waals surface area contributed by atoms with Crippen molar-refractivity contribution >= 4 is 17.6 Å². The summed E-state index contributed by atoms with van der Waals surface area (Å²) in [4.78, 5) is 12.8. The molecule has 0 atom stereocenters. The van der Waals surface area contributed by atoms with Crippen LogP contribution in [0.1, 0.15) is 11.6 Å². The number of aromatic nitrogens is 4. The first-order valence-corrected chi connectivity index (χ1v) is 7.31. The van der Waals surface area contributed by atoms with Crippen LogP contribution in [0, 0.1) is 6.92 Å². The number of hydrogen-bond acceptors (Lipinski definition) is 7. The van der Waals surface area contributed by atoms with Crippen LogP contribution in [0.25, 0.3) is 11.4 Å². The molecular weight excluding hydrogens is 286 g/mol. The lowest BCUT2D eigenvalue weighted by Crippen LogP contribution is -1.96. The third kappa shape index (κ3) is 3.38. The molecule has 2 N–H and O–H groups in total. The Labute approximate surface area is 125 Å². The lowest BCUT2D eigenvalue weighted by Gasteiger charge is -2.00. The molecule has 0 amide bonds. The van der Waals surface area contributed by atoms with Crippen LogP contribution in [-0.4, -0.2) is 20.1 Å². The molecule has 2 heterocycles. The minimum Gasteiger partial charge on any atom is -0.384 e. The second-order valence-electron chi connectivity index (χ2n) is 4.38. The summed E-state index contributed by atoms with van der Waals surface area (Å²) in [5.74, 6) is 2.07. The van der Waals surface area contributed by atoms with Crippen molar-refractivity contribution < 1.29 is 4.52 Å². The second-order valence-corrected chi connectivity index (χ2v) is 5.33. The lowest BCUT2D eigenvalue weighted by molar-refractivity contribution is 0.391. The monoisotopic (exact) mass is 299 g/mol. The Morgan fingerprint density at radius 1 is 1.14 bits per heavy atom. The molecule has 0 spiro atoms. The van der Waals surface area contributed by atoms with E-state index in [2.05, 4.69) is 20.1 Å². The van der Waals surface area contributed by atoms with Crippen molar-refractivity contribution in [3.63, 3.8) is 0 Å². The van der Waals surface area contributed by atoms with Crippen LogP contribution in [0.3, 0.4) is 0 Å². The van der Waals surface area contributed by atoms with Crippen molar-refractivity contribution in [2.45, 2.75) is 17.8 Å². The zero-order valence-corrected chi connectivity index (χ0v) is 12.2. The third-order valence-corrected chi connectivity index (χ3v) is 3.51. The van der Waals surface area contributed by atoms with E-state index in [1.54, 1.807) is 6.07 Å². The van der Waals surface area contributed by atoms with E-state index in [9.17, 15) is 0 Å². The highest BCUT2D eigenvalue weighted by Crippen LogP contribution is 2.21. The molecular formula is C14H13N5OS. The molecule has 0 aliphatic carbocycles. The fraction of sp³-hybridized carbons (Fsp3) is 0.143. The Morgan fingerprint density at radius 2 is 1.95 bits per heavy atom. The van der Waals surface area contributed by atoms with Crippen molar-refractivity contribution in [2.75, 3.05) is 5.73 Å². The van der Waals surface area contributed by atoms with Gasteiger partial charge in [-0.1, -0.05) is 47.3 Å². The fourth-order valence-electron chi connectivity index (χ4n) is 1.77. The molecule has 0 fully saturated rings. The summed E-state index contributed by atoms with van der Waals surface area (Å²) in [6, 6.07) is 11.4. The Balaban J connectivity index is 1.70. The summed E-state index contributed by atoms with van der Waals surface area (Å²) >= 11 is 1.41. The summed E-state index contributed by atoms with van der Waals surface area (Å²) in [6.45, 7) is 1.88. The van der Waals surface area contributed by atoms with Gasteiger partial charge >= 0.3 is 0 Å². The van der Waals surface area contributed by atoms with Crippen LogP contribution in [0.15, 0.2) is 46.1 Å². The molecule has 0 bridgehead atoms. The van der Waals surface area contributed by atoms with Gasteiger partial charge in [-0.2, -0.15) is 4.98 Å². The third-order valence-electron chi connectivity index (χ3n) is 2.68. The molecule has 3 aromatic rings. The topological polar surface area (TPSA) is 90.7 Å². The van der Waals surface area contributed by atoms with E-state index in [4.69, 9.17) is 10.3 Å². The SMILES string of the molecule is Cc1cc(N)nc(SCc2nc(-c3ccccc3)no2)n1. The highest BCUT2D eigenvalue weighted by molar-refractivity contribution is 7.98. The highest BCUT2D eigenvalue weighted by atomic mass is 32.2. The van der Waals surface area contributed by atoms with Gasteiger partial charge in [-0.15, -0.1) is 0 Å². The maximum atomic E-state index is 5.69. The van der Waals surface area contributed by atoms with E-state index in [1.807, 2.05) is 37.3 Å². The van der Waals surface area contributed by atoms with Crippen LogP contribution in [0.5, 0.6) is 0 Å². The van der Waals surface area contributed by atoms with Crippen LogP contribution >= 0.6 is 11.8 Å². The van der Waals surface area contributed by atoms with Crippen LogP contribution in [-0.2, 0) is 5.75 Å². The number of benzene rings is 1. The summed E-state index contributed by atoms with van der Waals surface area (Å²) in [6.07, 6.45) is 0. The first-order chi connectivity index (χ1) is 10.2. The van der Waals surface area contributed by atoms with Gasteiger partial charge < -0.3 is 10.3 Å². The number of anilines is 1. The van der Waals surface area contributed by atoms with Gasteiger partial charge in [0.2, 0.25) is 11.7 Å². The number of thioether (sulfide) groups is 1. The van der Waals surface area contributed by atoms with Gasteiger partial charge in [-0.05, 0) is 6.92 Å². The normalized spacial score (nSPS) is 10.7. The van der Waals surface area contributed by atoms with E-state index in [-0.39, 0.29) is 0 Å². The lowest BCUT2D eigenvalue weighted by atomic mass is 10.2. The Bertz CT molecular complexity index is 724. The highest BCUT2D eigenvalue weighted by Gasteiger charge is 2.10. The molecule has 6 nitrogen and oxygen atoms in total. The molecule has 1 aromatic carbocycles. The number of nitrogen functional groups attached to an aromatic ring is 1. The summed E-state index contributed by atoms with van der Waals surface area (Å²) in [5, 5.41) is 4.57. The Hall–Kier alpha value is -2.41. The predicted octanol–water partition coefficient (Wildman–Crippen LogP) is 2.71. The average Bonchev–Trinajstić information content (AvgIpc) is 2.94. The molecule has 0 saturated heterocycles. The van der Waals surface area contributed by atoms with Gasteiger partial charge in [0.15, 0.2) is 5.16 Å². The van der Waals surface area contributed by atoms with Crippen molar-refractivity contribution in [2.24, 2.45) is 0 Å². The van der Waals surface area contributed by atoms with E-state index >= 15 is 0 Å². The maximum Gasteiger partial charge on any atom is 0.237 e. The van der Waals surface area contributed by atoms with Crippen molar-refractivity contribution in [3.8, 4) is 11.4 Å². The van der Waals surface area contributed by atoms with E-state index < -0.39 is 0 Å². The minimum absolute atomic E-state index is 0.459. The Morgan fingerprint density at radius 3 is 2.71 bits per heavy atom. The Kier molecular flexibility index (Phi) is 3.83. The first kappa shape index (κ1) is 13.6. The van der Waals surface area contributed by atoms with Gasteiger partial charge in [0.1, 0.15) is 5.82 Å². The standard InChI is InChI=1S/C14H13N5OS/c1-9-7-11(15)17-14(16-9)21-8-12-18-13(19-20-12)10-5-3-2-4-6-10/h2-7H,8H2,1H3,(H2,15,16,17). The maximum absolute atomic E-state index is 5.69. The molecule has 0 unspecified atom stereocenters. The summed E-state index contributed by atoms with van der Waals surface area (Å²) < 4.78 is 5.23. The summed E-state index contributed by atoms with van der Waals surface area (Å²) in [5.41, 5.74) is 7.45. The number of aryl methyl sites for hydroxylation is 1. The smallest absolute Gasteiger partial charge is 0.237 e. The van der Waals surface area contributed by atoms with Gasteiger partial charge in [0, 0.05) is 17.3 Å². The number of nitrogens with zero attached hydrogens (tertiary/aromatic N) is 4. The summed E-state index contributed by atoms with van der Waals surface area (Å²) in [7, 11) is 0. The van der Waals surface area contributed by atoms with E-state index in [0.717, 1.165) is 11.3 Å². The van der Waals surface area contributed by atoms with Gasteiger partial charge in [-0.3, -0.25) is 0 Å². The largest absolute Gasteiger partial charge is 0.384 e. The van der Waals surface area contributed by atoms with Gasteiger partial charge in [-0.25, -0.2) is 9.97 Å². The van der Waals surface area contributed by atoms with Crippen molar-refractivity contribution in [1.29, 1.82) is 0 Å². The van der Waals surface area contributed by atoms with Gasteiger partial charge in [0.25, 0.3) is 0 Å². The zero-order valence-electron chi connectivity index (χ0n) is 11.4. The molecule has 3 rings (SSSR count). The number of nitrogens with two attached hydrogens (primary N) is 1. The van der Waals surface area contributed by atoms with Crippen LogP contribution < -0.4 is 5.73 Å². The number of rotatable bonds is 4. The van der Waals surface area contributed by atoms with Crippen molar-refractivity contribution in [1.82, 2.24) is 20.1 Å². The predicted molar refractivity (Wildman–Crippen MR) is 80.5 cm³/mol. The quantitative estimate of drug-likeness (QED) is 0.585. The first-order valence-electron chi connectivity index (χ1n) is 6.33. The minimum atomic E-state index is 0.459. The van der Waals surface area contributed by atoms with E-state index in [0.29, 0.717) is 28.4 Å². The molecule has 0 aliphatic heterocycles. The molecule has 0 saturated carbocycles. The molecule has 7 heteroatoms. The number of hydrogen-bond donors (Lipinski definition) is 1. The average molecular weight is 299 g/mol. The molecule has 106 valence electrons. The van der Waals surface area contributed by atoms with Crippen LogP contribution in [0.2, 0.25) is 0 Å². The molecule has 0 radical (unpaired) electrons. The fourth-order valence-corrected chi connectivity index (χ4v) is 2.52. The van der Waals surface area contributed by atoms with Gasteiger partial charge in [0.05, 0.1) is 5.75 Å². The second kappa shape index (κ2) is 5.92. The molecule has 21 heavy (non-hydrogen) atoms. The molecule has 2 aromatic heterocycles. The van der Waals surface area contributed by atoms with Crippen LogP contribution in [0.4, 0.5) is 5.82 Å². The molecule has 0 aliphatic rings. The van der Waals surface area contributed by atoms with Crippen molar-refractivity contribution in [3.05, 3.63) is 48.0 Å².